The molecule has 1 amide bonds. The van der Waals surface area contributed by atoms with Gasteiger partial charge in [0.25, 0.3) is 5.91 Å². The summed E-state index contributed by atoms with van der Waals surface area (Å²) < 4.78 is 36.3. The van der Waals surface area contributed by atoms with Crippen molar-refractivity contribution in [2.45, 2.75) is 50.5 Å². The van der Waals surface area contributed by atoms with Crippen LogP contribution in [0.3, 0.4) is 0 Å². The van der Waals surface area contributed by atoms with E-state index in [2.05, 4.69) is 4.99 Å². The number of nitrogens with zero attached hydrogens (tertiary/aromatic N) is 3. The van der Waals surface area contributed by atoms with Gasteiger partial charge >= 0.3 is 0 Å². The highest BCUT2D eigenvalue weighted by atomic mass is 32.2. The van der Waals surface area contributed by atoms with Gasteiger partial charge in [-0.15, -0.1) is 0 Å². The molecule has 1 unspecified atom stereocenters. The van der Waals surface area contributed by atoms with Crippen molar-refractivity contribution in [1.82, 2.24) is 8.87 Å². The van der Waals surface area contributed by atoms with Crippen molar-refractivity contribution < 1.29 is 17.9 Å². The van der Waals surface area contributed by atoms with Crippen LogP contribution in [0, 0.1) is 6.92 Å². The fourth-order valence-corrected chi connectivity index (χ4v) is 7.24. The smallest absolute Gasteiger partial charge is 0.279 e. The number of aryl methyl sites for hydroxylation is 2. The van der Waals surface area contributed by atoms with E-state index in [1.165, 1.54) is 23.5 Å². The topological polar surface area (TPSA) is 81.0 Å². The molecular formula is C24H29N3O4S2. The largest absolute Gasteiger partial charge is 0.495 e. The van der Waals surface area contributed by atoms with Crippen LogP contribution in [-0.4, -0.2) is 42.9 Å². The van der Waals surface area contributed by atoms with Gasteiger partial charge in [0.1, 0.15) is 11.3 Å². The number of hydrogen-bond acceptors (Lipinski definition) is 5. The SMILES string of the molecule is CCC1CCCCN1S(=O)(=O)c1ccc(C(=O)N=c2sc3c(C)ccc(OC)c3n2C)cc1. The van der Waals surface area contributed by atoms with Gasteiger partial charge in [0, 0.05) is 25.2 Å². The number of benzene rings is 2. The van der Waals surface area contributed by atoms with Crippen LogP contribution in [0.1, 0.15) is 48.5 Å². The van der Waals surface area contributed by atoms with Crippen LogP contribution in [0.4, 0.5) is 0 Å². The van der Waals surface area contributed by atoms with E-state index in [1.807, 2.05) is 37.6 Å². The molecule has 0 spiro atoms. The normalized spacial score (nSPS) is 18.1. The second-order valence-corrected chi connectivity index (χ2v) is 11.2. The van der Waals surface area contributed by atoms with E-state index in [4.69, 9.17) is 4.74 Å². The Labute approximate surface area is 198 Å². The molecule has 7 nitrogen and oxygen atoms in total. The quantitative estimate of drug-likeness (QED) is 0.539. The first-order chi connectivity index (χ1) is 15.8. The van der Waals surface area contributed by atoms with Crippen LogP contribution in [0.2, 0.25) is 0 Å². The molecule has 0 bridgehead atoms. The Morgan fingerprint density at radius 1 is 1.18 bits per heavy atom. The number of thiazole rings is 1. The van der Waals surface area contributed by atoms with Crippen LogP contribution in [0.25, 0.3) is 10.2 Å². The van der Waals surface area contributed by atoms with Gasteiger partial charge in [-0.3, -0.25) is 4.79 Å². The molecule has 0 radical (unpaired) electrons. The molecule has 176 valence electrons. The second-order valence-electron chi connectivity index (χ2n) is 8.32. The molecular weight excluding hydrogens is 458 g/mol. The molecule has 9 heteroatoms. The fourth-order valence-electron chi connectivity index (χ4n) is 4.37. The molecule has 2 heterocycles. The first-order valence-electron chi connectivity index (χ1n) is 11.1. The van der Waals surface area contributed by atoms with Gasteiger partial charge in [0.15, 0.2) is 4.80 Å². The lowest BCUT2D eigenvalue weighted by Crippen LogP contribution is -2.43. The van der Waals surface area contributed by atoms with Crippen LogP contribution in [-0.2, 0) is 17.1 Å². The van der Waals surface area contributed by atoms with Gasteiger partial charge in [-0.2, -0.15) is 9.30 Å². The third-order valence-corrected chi connectivity index (χ3v) is 9.51. The lowest BCUT2D eigenvalue weighted by Gasteiger charge is -2.34. The molecule has 1 atom stereocenters. The van der Waals surface area contributed by atoms with Crippen molar-refractivity contribution in [2.24, 2.45) is 12.0 Å². The van der Waals surface area contributed by atoms with E-state index in [-0.39, 0.29) is 10.9 Å². The van der Waals surface area contributed by atoms with Crippen molar-refractivity contribution >= 4 is 37.5 Å². The molecule has 1 aliphatic rings. The number of rotatable bonds is 5. The van der Waals surface area contributed by atoms with Crippen LogP contribution >= 0.6 is 11.3 Å². The summed E-state index contributed by atoms with van der Waals surface area (Å²) in [5.74, 6) is 0.308. The monoisotopic (exact) mass is 487 g/mol. The highest BCUT2D eigenvalue weighted by Crippen LogP contribution is 2.30. The Kier molecular flexibility index (Phi) is 6.74. The predicted molar refractivity (Wildman–Crippen MR) is 130 cm³/mol. The Morgan fingerprint density at radius 3 is 2.58 bits per heavy atom. The number of hydrogen-bond donors (Lipinski definition) is 0. The molecule has 4 rings (SSSR count). The Hall–Kier alpha value is -2.49. The Bertz CT molecular complexity index is 1350. The Morgan fingerprint density at radius 2 is 1.91 bits per heavy atom. The van der Waals surface area contributed by atoms with Crippen molar-refractivity contribution in [3.63, 3.8) is 0 Å². The number of fused-ring (bicyclic) bond motifs is 1. The highest BCUT2D eigenvalue weighted by molar-refractivity contribution is 7.89. The summed E-state index contributed by atoms with van der Waals surface area (Å²) in [4.78, 5) is 18.0. The van der Waals surface area contributed by atoms with E-state index in [0.717, 1.165) is 47.2 Å². The zero-order chi connectivity index (χ0) is 23.8. The minimum atomic E-state index is -3.59. The standard InChI is InChI=1S/C24H29N3O4S2/c1-5-18-8-6-7-15-27(18)33(29,30)19-12-10-17(11-13-19)23(28)25-24-26(3)21-20(31-4)14-9-16(2)22(21)32-24/h9-14,18H,5-8,15H2,1-4H3. The van der Waals surface area contributed by atoms with Crippen LogP contribution < -0.4 is 9.54 Å². The van der Waals surface area contributed by atoms with Crippen molar-refractivity contribution in [2.75, 3.05) is 13.7 Å². The van der Waals surface area contributed by atoms with Gasteiger partial charge in [-0.1, -0.05) is 30.7 Å². The van der Waals surface area contributed by atoms with Gasteiger partial charge in [0.2, 0.25) is 10.0 Å². The van der Waals surface area contributed by atoms with Gasteiger partial charge < -0.3 is 9.30 Å². The summed E-state index contributed by atoms with van der Waals surface area (Å²) in [5, 5.41) is 0. The van der Waals surface area contributed by atoms with E-state index >= 15 is 0 Å². The molecule has 1 aromatic heterocycles. The minimum Gasteiger partial charge on any atom is -0.495 e. The highest BCUT2D eigenvalue weighted by Gasteiger charge is 2.32. The lowest BCUT2D eigenvalue weighted by molar-refractivity contribution is 0.0998. The number of aromatic nitrogens is 1. The maximum absolute atomic E-state index is 13.2. The molecule has 33 heavy (non-hydrogen) atoms. The van der Waals surface area contributed by atoms with E-state index in [9.17, 15) is 13.2 Å². The van der Waals surface area contributed by atoms with Crippen molar-refractivity contribution in [3.8, 4) is 5.75 Å². The van der Waals surface area contributed by atoms with E-state index in [1.54, 1.807) is 23.5 Å². The number of methoxy groups -OCH3 is 1. The summed E-state index contributed by atoms with van der Waals surface area (Å²) in [5.41, 5.74) is 2.32. The first kappa shape index (κ1) is 23.7. The molecule has 3 aromatic rings. The first-order valence-corrected chi connectivity index (χ1v) is 13.4. The number of amides is 1. The van der Waals surface area contributed by atoms with Crippen molar-refractivity contribution in [1.29, 1.82) is 0 Å². The number of ether oxygens (including phenoxy) is 1. The number of carbonyl (C=O) groups is 1. The average Bonchev–Trinajstić information content (AvgIpc) is 3.16. The number of sulfonamides is 1. The molecule has 2 aromatic carbocycles. The maximum Gasteiger partial charge on any atom is 0.279 e. The number of piperidine rings is 1. The van der Waals surface area contributed by atoms with E-state index < -0.39 is 15.9 Å². The summed E-state index contributed by atoms with van der Waals surface area (Å²) in [6.45, 7) is 4.57. The lowest BCUT2D eigenvalue weighted by atomic mass is 10.0. The van der Waals surface area contributed by atoms with Gasteiger partial charge in [-0.05, 0) is 62.1 Å². The average molecular weight is 488 g/mol. The second kappa shape index (κ2) is 9.40. The fraction of sp³-hybridized carbons (Fsp3) is 0.417. The summed E-state index contributed by atoms with van der Waals surface area (Å²) >= 11 is 1.42. The third kappa shape index (κ3) is 4.37. The van der Waals surface area contributed by atoms with Crippen LogP contribution in [0.15, 0.2) is 46.3 Å². The molecule has 1 saturated heterocycles. The predicted octanol–water partition coefficient (Wildman–Crippen LogP) is 4.25. The zero-order valence-electron chi connectivity index (χ0n) is 19.4. The Balaban J connectivity index is 1.65. The molecule has 1 fully saturated rings. The minimum absolute atomic E-state index is 0.0356. The van der Waals surface area contributed by atoms with Crippen LogP contribution in [0.5, 0.6) is 5.75 Å². The summed E-state index contributed by atoms with van der Waals surface area (Å²) in [7, 11) is -0.116. The maximum atomic E-state index is 13.2. The summed E-state index contributed by atoms with van der Waals surface area (Å²) in [6, 6.07) is 10.0. The van der Waals surface area contributed by atoms with Gasteiger partial charge in [0.05, 0.1) is 16.7 Å². The molecule has 0 aliphatic carbocycles. The van der Waals surface area contributed by atoms with E-state index in [0.29, 0.717) is 16.9 Å². The molecule has 0 saturated carbocycles. The number of carbonyl (C=O) groups excluding carboxylic acids is 1. The molecule has 1 aliphatic heterocycles. The molecule has 0 N–H and O–H groups in total. The summed E-state index contributed by atoms with van der Waals surface area (Å²) in [6.07, 6.45) is 3.62. The third-order valence-electron chi connectivity index (χ3n) is 6.28. The van der Waals surface area contributed by atoms with Crippen molar-refractivity contribution in [3.05, 3.63) is 52.3 Å². The zero-order valence-corrected chi connectivity index (χ0v) is 21.0. The van der Waals surface area contributed by atoms with Gasteiger partial charge in [-0.25, -0.2) is 8.42 Å².